The van der Waals surface area contributed by atoms with Gasteiger partial charge < -0.3 is 24.8 Å². The number of nitrogens with one attached hydrogen (secondary N) is 1. The van der Waals surface area contributed by atoms with Crippen molar-refractivity contribution in [1.29, 1.82) is 0 Å². The van der Waals surface area contributed by atoms with Crippen molar-refractivity contribution in [3.8, 4) is 0 Å². The van der Waals surface area contributed by atoms with Gasteiger partial charge in [-0.25, -0.2) is 9.78 Å². The van der Waals surface area contributed by atoms with Crippen LogP contribution in [0.2, 0.25) is 5.02 Å². The number of hydrogen-bond donors (Lipinski definition) is 2. The molecule has 28 heavy (non-hydrogen) atoms. The number of anilines is 2. The molecule has 3 rings (SSSR count). The van der Waals surface area contributed by atoms with Crippen LogP contribution < -0.4 is 10.2 Å². The second-order valence-corrected chi connectivity index (χ2v) is 6.75. The van der Waals surface area contributed by atoms with Gasteiger partial charge in [0.1, 0.15) is 11.4 Å². The number of carboxylic acids is 1. The van der Waals surface area contributed by atoms with E-state index in [4.69, 9.17) is 21.1 Å². The zero-order valence-corrected chi connectivity index (χ0v) is 16.0. The highest BCUT2D eigenvalue weighted by Crippen LogP contribution is 2.22. The summed E-state index contributed by atoms with van der Waals surface area (Å²) in [5, 5.41) is 12.7. The number of halogens is 1. The number of benzene rings is 1. The first-order chi connectivity index (χ1) is 13.4. The Kier molecular flexibility index (Phi) is 6.45. The van der Waals surface area contributed by atoms with Gasteiger partial charge in [-0.15, -0.1) is 0 Å². The molecule has 0 radical (unpaired) electrons. The number of hydrogen-bond acceptors (Lipinski definition) is 6. The molecule has 2 N–H and O–H groups in total. The van der Waals surface area contributed by atoms with Crippen LogP contribution in [-0.4, -0.2) is 61.5 Å². The van der Waals surface area contributed by atoms with E-state index in [1.807, 2.05) is 0 Å². The maximum atomic E-state index is 12.3. The van der Waals surface area contributed by atoms with Crippen LogP contribution in [0.15, 0.2) is 36.5 Å². The monoisotopic (exact) mass is 405 g/mol. The highest BCUT2D eigenvalue weighted by atomic mass is 35.5. The van der Waals surface area contributed by atoms with Crippen LogP contribution in [0, 0.1) is 0 Å². The van der Waals surface area contributed by atoms with Crippen molar-refractivity contribution >= 4 is 35.0 Å². The van der Waals surface area contributed by atoms with Crippen molar-refractivity contribution in [2.45, 2.75) is 6.10 Å². The number of carboxylic acid groups (broad SMARTS) is 1. The van der Waals surface area contributed by atoms with Crippen molar-refractivity contribution in [3.05, 3.63) is 52.7 Å². The molecule has 8 nitrogen and oxygen atoms in total. The lowest BCUT2D eigenvalue weighted by atomic mass is 10.2. The van der Waals surface area contributed by atoms with Crippen molar-refractivity contribution in [3.63, 3.8) is 0 Å². The quantitative estimate of drug-likeness (QED) is 0.761. The number of ether oxygens (including phenoxy) is 2. The Hall–Kier alpha value is -2.68. The molecule has 1 amide bonds. The topological polar surface area (TPSA) is 101 Å². The smallest absolute Gasteiger partial charge is 0.339 e. The predicted molar refractivity (Wildman–Crippen MR) is 104 cm³/mol. The zero-order chi connectivity index (χ0) is 20.1. The van der Waals surface area contributed by atoms with Crippen LogP contribution in [-0.2, 0) is 9.47 Å². The van der Waals surface area contributed by atoms with Gasteiger partial charge in [-0.2, -0.15) is 0 Å². The number of nitrogens with zero attached hydrogens (tertiary/aromatic N) is 2. The first-order valence-electron chi connectivity index (χ1n) is 8.65. The van der Waals surface area contributed by atoms with E-state index in [9.17, 15) is 14.7 Å². The Bertz CT molecular complexity index is 853. The van der Waals surface area contributed by atoms with E-state index in [0.29, 0.717) is 37.0 Å². The van der Waals surface area contributed by atoms with Crippen LogP contribution in [0.3, 0.4) is 0 Å². The highest BCUT2D eigenvalue weighted by molar-refractivity contribution is 6.30. The maximum absolute atomic E-state index is 12.3. The Morgan fingerprint density at radius 3 is 2.71 bits per heavy atom. The zero-order valence-electron chi connectivity index (χ0n) is 15.2. The molecule has 1 saturated heterocycles. The fraction of sp³-hybridized carbons (Fsp3) is 0.316. The Morgan fingerprint density at radius 1 is 1.32 bits per heavy atom. The minimum atomic E-state index is -1.14. The summed E-state index contributed by atoms with van der Waals surface area (Å²) < 4.78 is 11.0. The number of aromatic carboxylic acids is 1. The number of likely N-dealkylation sites (N-methyl/N-ethyl adjacent to an activating group) is 1. The summed E-state index contributed by atoms with van der Waals surface area (Å²) in [6, 6.07) is 7.75. The third-order valence-electron chi connectivity index (χ3n) is 4.19. The van der Waals surface area contributed by atoms with Crippen LogP contribution in [0.1, 0.15) is 20.7 Å². The third kappa shape index (κ3) is 4.98. The number of rotatable bonds is 6. The molecule has 1 aliphatic rings. The Labute approximate surface area is 167 Å². The van der Waals surface area contributed by atoms with Crippen LogP contribution >= 0.6 is 11.6 Å². The molecular weight excluding hydrogens is 386 g/mol. The number of pyridine rings is 1. The van der Waals surface area contributed by atoms with Crippen LogP contribution in [0.25, 0.3) is 0 Å². The molecule has 2 heterocycles. The molecule has 9 heteroatoms. The van der Waals surface area contributed by atoms with E-state index in [0.717, 1.165) is 0 Å². The minimum absolute atomic E-state index is 0.0202. The molecule has 0 aliphatic carbocycles. The van der Waals surface area contributed by atoms with Crippen molar-refractivity contribution in [1.82, 2.24) is 4.98 Å². The molecule has 1 atom stereocenters. The van der Waals surface area contributed by atoms with E-state index in [1.165, 1.54) is 12.3 Å². The van der Waals surface area contributed by atoms with Gasteiger partial charge in [0.15, 0.2) is 0 Å². The molecule has 2 aromatic rings. The van der Waals surface area contributed by atoms with Gasteiger partial charge in [0, 0.05) is 24.2 Å². The van der Waals surface area contributed by atoms with Gasteiger partial charge in [-0.05, 0) is 30.3 Å². The average molecular weight is 406 g/mol. The highest BCUT2D eigenvalue weighted by Gasteiger charge is 2.22. The molecule has 0 saturated carbocycles. The third-order valence-corrected chi connectivity index (χ3v) is 4.44. The normalized spacial score (nSPS) is 16.4. The molecular formula is C19H20ClN3O5. The summed E-state index contributed by atoms with van der Waals surface area (Å²) in [5.74, 6) is -1.24. The molecule has 1 aliphatic heterocycles. The molecule has 0 bridgehead atoms. The molecule has 1 fully saturated rings. The first-order valence-corrected chi connectivity index (χ1v) is 9.02. The van der Waals surface area contributed by atoms with E-state index >= 15 is 0 Å². The minimum Gasteiger partial charge on any atom is -0.478 e. The summed E-state index contributed by atoms with van der Waals surface area (Å²) >= 11 is 5.82. The number of amides is 1. The summed E-state index contributed by atoms with van der Waals surface area (Å²) in [6.07, 6.45) is 1.26. The van der Waals surface area contributed by atoms with Gasteiger partial charge >= 0.3 is 5.97 Å². The number of carbonyl (C=O) groups is 2. The summed E-state index contributed by atoms with van der Waals surface area (Å²) in [5.41, 5.74) is 0.664. The number of aromatic nitrogens is 1. The summed E-state index contributed by atoms with van der Waals surface area (Å²) in [6.45, 7) is 1.94. The molecule has 0 unspecified atom stereocenters. The fourth-order valence-electron chi connectivity index (χ4n) is 2.83. The van der Waals surface area contributed by atoms with Crippen molar-refractivity contribution in [2.24, 2.45) is 0 Å². The van der Waals surface area contributed by atoms with Crippen LogP contribution in [0.4, 0.5) is 11.5 Å². The van der Waals surface area contributed by atoms with Gasteiger partial charge in [0.05, 0.1) is 37.8 Å². The van der Waals surface area contributed by atoms with E-state index in [2.05, 4.69) is 10.3 Å². The standard InChI is InChI=1S/C19H20ClN3O5/c1-23(10-15-11-27-6-7-28-15)17-16(19(25)26)8-14(9-21-17)22-18(24)12-2-4-13(20)5-3-12/h2-5,8-9,15H,6-7,10-11H2,1H3,(H,22,24)(H,25,26)/t15-/m0/s1. The molecule has 1 aromatic heterocycles. The maximum Gasteiger partial charge on any atom is 0.339 e. The summed E-state index contributed by atoms with van der Waals surface area (Å²) in [7, 11) is 1.73. The predicted octanol–water partition coefficient (Wildman–Crippen LogP) is 2.54. The van der Waals surface area contributed by atoms with Gasteiger partial charge in [-0.1, -0.05) is 11.6 Å². The van der Waals surface area contributed by atoms with Crippen molar-refractivity contribution in [2.75, 3.05) is 43.6 Å². The van der Waals surface area contributed by atoms with E-state index in [-0.39, 0.29) is 29.1 Å². The first kappa shape index (κ1) is 20.1. The molecule has 0 spiro atoms. The lowest BCUT2D eigenvalue weighted by Crippen LogP contribution is -2.39. The van der Waals surface area contributed by atoms with Crippen LogP contribution in [0.5, 0.6) is 0 Å². The van der Waals surface area contributed by atoms with E-state index < -0.39 is 5.97 Å². The Morgan fingerprint density at radius 2 is 2.07 bits per heavy atom. The number of carbonyl (C=O) groups excluding carboxylic acids is 1. The molecule has 1 aromatic carbocycles. The average Bonchev–Trinajstić information content (AvgIpc) is 2.69. The molecule has 148 valence electrons. The Balaban J connectivity index is 1.75. The largest absolute Gasteiger partial charge is 0.478 e. The van der Waals surface area contributed by atoms with E-state index in [1.54, 1.807) is 36.2 Å². The lowest BCUT2D eigenvalue weighted by molar-refractivity contribution is -0.0837. The van der Waals surface area contributed by atoms with Gasteiger partial charge in [0.25, 0.3) is 5.91 Å². The fourth-order valence-corrected chi connectivity index (χ4v) is 2.95. The lowest BCUT2D eigenvalue weighted by Gasteiger charge is -2.28. The van der Waals surface area contributed by atoms with Gasteiger partial charge in [-0.3, -0.25) is 4.79 Å². The second kappa shape index (κ2) is 9.01. The van der Waals surface area contributed by atoms with Crippen molar-refractivity contribution < 1.29 is 24.2 Å². The second-order valence-electron chi connectivity index (χ2n) is 6.31. The SMILES string of the molecule is CN(C[C@H]1COCCO1)c1ncc(NC(=O)c2ccc(Cl)cc2)cc1C(=O)O. The van der Waals surface area contributed by atoms with Gasteiger partial charge in [0.2, 0.25) is 0 Å². The summed E-state index contributed by atoms with van der Waals surface area (Å²) in [4.78, 5) is 30.0.